The molecule has 1 aromatic carbocycles. The van der Waals surface area contributed by atoms with Crippen LogP contribution in [0.1, 0.15) is 5.56 Å². The fourth-order valence-corrected chi connectivity index (χ4v) is 1.79. The van der Waals surface area contributed by atoms with E-state index in [1.807, 2.05) is 36.4 Å². The van der Waals surface area contributed by atoms with Gasteiger partial charge in [-0.1, -0.05) is 18.2 Å². The van der Waals surface area contributed by atoms with Crippen LogP contribution in [0.2, 0.25) is 0 Å². The van der Waals surface area contributed by atoms with Crippen LogP contribution in [0.25, 0.3) is 0 Å². The molecule has 0 bridgehead atoms. The van der Waals surface area contributed by atoms with Crippen molar-refractivity contribution >= 4 is 5.82 Å². The minimum atomic E-state index is 0.617. The summed E-state index contributed by atoms with van der Waals surface area (Å²) in [5, 5.41) is 3.27. The summed E-state index contributed by atoms with van der Waals surface area (Å²) in [4.78, 5) is 4.30. The molecule has 1 N–H and O–H groups in total. The van der Waals surface area contributed by atoms with Crippen LogP contribution in [0, 0.1) is 0 Å². The summed E-state index contributed by atoms with van der Waals surface area (Å²) in [5.74, 6) is 2.32. The second-order valence-electron chi connectivity index (χ2n) is 4.09. The molecule has 0 aliphatic carbocycles. The molecule has 2 aromatic rings. The van der Waals surface area contributed by atoms with Gasteiger partial charge in [-0.2, -0.15) is 4.98 Å². The number of hydrogen-bond acceptors (Lipinski definition) is 4. The van der Waals surface area contributed by atoms with E-state index in [1.54, 1.807) is 14.2 Å². The Kier molecular flexibility index (Phi) is 4.61. The lowest BCUT2D eigenvalue weighted by Crippen LogP contribution is -2.06. The van der Waals surface area contributed by atoms with E-state index in [2.05, 4.69) is 16.4 Å². The van der Waals surface area contributed by atoms with Gasteiger partial charge in [0.15, 0.2) is 0 Å². The summed E-state index contributed by atoms with van der Waals surface area (Å²) in [6.07, 6.45) is 0.913. The minimum Gasteiger partial charge on any atom is -0.497 e. The van der Waals surface area contributed by atoms with E-state index < -0.39 is 0 Å². The number of benzene rings is 1. The normalized spacial score (nSPS) is 10.0. The molecule has 4 heteroatoms. The number of aromatic nitrogens is 1. The number of nitrogens with one attached hydrogen (secondary N) is 1. The fraction of sp³-hybridized carbons (Fsp3) is 0.267. The zero-order chi connectivity index (χ0) is 13.5. The number of methoxy groups -OCH3 is 2. The van der Waals surface area contributed by atoms with Gasteiger partial charge in [0.25, 0.3) is 0 Å². The van der Waals surface area contributed by atoms with E-state index in [1.165, 1.54) is 5.56 Å². The van der Waals surface area contributed by atoms with E-state index in [9.17, 15) is 0 Å². The molecule has 0 unspecified atom stereocenters. The Labute approximate surface area is 113 Å². The minimum absolute atomic E-state index is 0.617. The first-order valence-electron chi connectivity index (χ1n) is 6.19. The summed E-state index contributed by atoms with van der Waals surface area (Å²) >= 11 is 0. The number of anilines is 1. The molecule has 0 amide bonds. The molecule has 0 fully saturated rings. The van der Waals surface area contributed by atoms with E-state index >= 15 is 0 Å². The lowest BCUT2D eigenvalue weighted by molar-refractivity contribution is 0.398. The highest BCUT2D eigenvalue weighted by Crippen LogP contribution is 2.14. The van der Waals surface area contributed by atoms with E-state index in [4.69, 9.17) is 9.47 Å². The third-order valence-corrected chi connectivity index (χ3v) is 2.79. The monoisotopic (exact) mass is 258 g/mol. The third-order valence-electron chi connectivity index (χ3n) is 2.79. The van der Waals surface area contributed by atoms with Gasteiger partial charge in [0.2, 0.25) is 5.88 Å². The summed E-state index contributed by atoms with van der Waals surface area (Å²) in [5.41, 5.74) is 1.23. The van der Waals surface area contributed by atoms with Gasteiger partial charge in [-0.25, -0.2) is 0 Å². The van der Waals surface area contributed by atoms with Gasteiger partial charge in [0.05, 0.1) is 14.2 Å². The van der Waals surface area contributed by atoms with Gasteiger partial charge in [-0.05, 0) is 30.2 Å². The van der Waals surface area contributed by atoms with Crippen molar-refractivity contribution in [2.75, 3.05) is 26.1 Å². The maximum atomic E-state index is 5.20. The summed E-state index contributed by atoms with van der Waals surface area (Å²) in [7, 11) is 3.29. The Bertz CT molecular complexity index is 482. The summed E-state index contributed by atoms with van der Waals surface area (Å²) < 4.78 is 10.3. The Hall–Kier alpha value is -2.23. The Morgan fingerprint density at radius 2 is 1.89 bits per heavy atom. The quantitative estimate of drug-likeness (QED) is 0.865. The first kappa shape index (κ1) is 13.2. The Morgan fingerprint density at radius 3 is 2.68 bits per heavy atom. The largest absolute Gasteiger partial charge is 0.497 e. The van der Waals surface area contributed by atoms with Gasteiger partial charge >= 0.3 is 0 Å². The van der Waals surface area contributed by atoms with E-state index in [0.29, 0.717) is 5.88 Å². The first-order chi connectivity index (χ1) is 9.31. The molecule has 0 radical (unpaired) electrons. The van der Waals surface area contributed by atoms with Crippen molar-refractivity contribution in [2.24, 2.45) is 0 Å². The van der Waals surface area contributed by atoms with Crippen LogP contribution >= 0.6 is 0 Å². The van der Waals surface area contributed by atoms with Crippen molar-refractivity contribution in [3.05, 3.63) is 48.0 Å². The number of hydrogen-bond donors (Lipinski definition) is 1. The molecule has 1 heterocycles. The highest BCUT2D eigenvalue weighted by atomic mass is 16.5. The van der Waals surface area contributed by atoms with Crippen molar-refractivity contribution in [1.82, 2.24) is 4.98 Å². The van der Waals surface area contributed by atoms with Crippen LogP contribution < -0.4 is 14.8 Å². The van der Waals surface area contributed by atoms with Crippen molar-refractivity contribution < 1.29 is 9.47 Å². The summed E-state index contributed by atoms with van der Waals surface area (Å²) in [6, 6.07) is 13.7. The third kappa shape index (κ3) is 3.88. The molecule has 0 aliphatic rings. The van der Waals surface area contributed by atoms with Gasteiger partial charge in [-0.15, -0.1) is 0 Å². The first-order valence-corrected chi connectivity index (χ1v) is 6.19. The zero-order valence-electron chi connectivity index (χ0n) is 11.2. The van der Waals surface area contributed by atoms with E-state index in [-0.39, 0.29) is 0 Å². The molecule has 0 aliphatic heterocycles. The molecule has 0 saturated carbocycles. The molecule has 1 aromatic heterocycles. The van der Waals surface area contributed by atoms with Crippen LogP contribution in [-0.2, 0) is 6.42 Å². The molecule has 0 spiro atoms. The average Bonchev–Trinajstić information content (AvgIpc) is 2.48. The van der Waals surface area contributed by atoms with Crippen LogP contribution in [0.5, 0.6) is 11.6 Å². The van der Waals surface area contributed by atoms with Crippen molar-refractivity contribution in [3.63, 3.8) is 0 Å². The lowest BCUT2D eigenvalue weighted by atomic mass is 10.1. The van der Waals surface area contributed by atoms with Crippen LogP contribution in [0.4, 0.5) is 5.82 Å². The number of nitrogens with zero attached hydrogens (tertiary/aromatic N) is 1. The predicted molar refractivity (Wildman–Crippen MR) is 76.0 cm³/mol. The van der Waals surface area contributed by atoms with Crippen LogP contribution in [0.15, 0.2) is 42.5 Å². The maximum Gasteiger partial charge on any atom is 0.214 e. The average molecular weight is 258 g/mol. The second kappa shape index (κ2) is 6.64. The molecule has 0 atom stereocenters. The van der Waals surface area contributed by atoms with Gasteiger partial charge < -0.3 is 14.8 Å². The SMILES string of the molecule is COc1cccc(CCNc2cccc(OC)n2)c1. The second-order valence-corrected chi connectivity index (χ2v) is 4.09. The molecule has 19 heavy (non-hydrogen) atoms. The number of pyridine rings is 1. The van der Waals surface area contributed by atoms with Gasteiger partial charge in [0.1, 0.15) is 11.6 Å². The highest BCUT2D eigenvalue weighted by Gasteiger charge is 1.98. The zero-order valence-corrected chi connectivity index (χ0v) is 11.2. The molecular formula is C15H18N2O2. The number of ether oxygens (including phenoxy) is 2. The van der Waals surface area contributed by atoms with Crippen LogP contribution in [0.3, 0.4) is 0 Å². The number of rotatable bonds is 6. The highest BCUT2D eigenvalue weighted by molar-refractivity contribution is 5.37. The van der Waals surface area contributed by atoms with Crippen LogP contribution in [-0.4, -0.2) is 25.7 Å². The Balaban J connectivity index is 1.88. The molecular weight excluding hydrogens is 240 g/mol. The van der Waals surface area contributed by atoms with Crippen molar-refractivity contribution in [1.29, 1.82) is 0 Å². The fourth-order valence-electron chi connectivity index (χ4n) is 1.79. The molecule has 2 rings (SSSR count). The smallest absolute Gasteiger partial charge is 0.214 e. The van der Waals surface area contributed by atoms with Gasteiger partial charge in [0, 0.05) is 12.6 Å². The van der Waals surface area contributed by atoms with Crippen molar-refractivity contribution in [3.8, 4) is 11.6 Å². The van der Waals surface area contributed by atoms with Gasteiger partial charge in [-0.3, -0.25) is 0 Å². The standard InChI is InChI=1S/C15H18N2O2/c1-18-13-6-3-5-12(11-13)9-10-16-14-7-4-8-15(17-14)19-2/h3-8,11H,9-10H2,1-2H3,(H,16,17). The lowest BCUT2D eigenvalue weighted by Gasteiger charge is -2.08. The predicted octanol–water partition coefficient (Wildman–Crippen LogP) is 2.75. The summed E-state index contributed by atoms with van der Waals surface area (Å²) in [6.45, 7) is 0.813. The topological polar surface area (TPSA) is 43.4 Å². The maximum absolute atomic E-state index is 5.20. The molecule has 0 saturated heterocycles. The van der Waals surface area contributed by atoms with Crippen molar-refractivity contribution in [2.45, 2.75) is 6.42 Å². The molecule has 100 valence electrons. The molecule has 4 nitrogen and oxygen atoms in total. The van der Waals surface area contributed by atoms with E-state index in [0.717, 1.165) is 24.5 Å². The Morgan fingerprint density at radius 1 is 1.05 bits per heavy atom.